The normalized spacial score (nSPS) is 39.3. The minimum absolute atomic E-state index is 0.254. The molecule has 0 aromatic heterocycles. The van der Waals surface area contributed by atoms with E-state index in [0.29, 0.717) is 16.9 Å². The van der Waals surface area contributed by atoms with Gasteiger partial charge in [0.25, 0.3) is 0 Å². The van der Waals surface area contributed by atoms with Crippen molar-refractivity contribution in [1.82, 2.24) is 0 Å². The molecule has 4 nitrogen and oxygen atoms in total. The predicted molar refractivity (Wildman–Crippen MR) is 66.2 cm³/mol. The Bertz CT molecular complexity index is 377. The van der Waals surface area contributed by atoms with E-state index in [1.165, 1.54) is 0 Å². The molecule has 5 heteroatoms. The third kappa shape index (κ3) is 2.34. The average molecular weight is 255 g/mol. The minimum atomic E-state index is -1.25. The van der Waals surface area contributed by atoms with E-state index in [0.717, 1.165) is 0 Å². The second kappa shape index (κ2) is 4.96. The van der Waals surface area contributed by atoms with Gasteiger partial charge in [-0.05, 0) is 6.92 Å². The van der Waals surface area contributed by atoms with E-state index in [-0.39, 0.29) is 6.10 Å². The quantitative estimate of drug-likeness (QED) is 0.587. The molecule has 1 saturated heterocycles. The average Bonchev–Trinajstić information content (AvgIpc) is 2.32. The fourth-order valence-electron chi connectivity index (χ4n) is 1.94. The van der Waals surface area contributed by atoms with Crippen LogP contribution in [0.5, 0.6) is 0 Å². The summed E-state index contributed by atoms with van der Waals surface area (Å²) >= 11 is 5.19. The molecule has 2 aliphatic rings. The highest BCUT2D eigenvalue weighted by molar-refractivity contribution is 7.80. The maximum absolute atomic E-state index is 9.90. The molecule has 0 amide bonds. The molecule has 0 aromatic carbocycles. The molecular formula is C12H15O4S. The van der Waals surface area contributed by atoms with Crippen molar-refractivity contribution in [1.29, 1.82) is 0 Å². The SMILES string of the molecule is C[C@H]1O[C](C2=CC=CCC2=S)[C@H](O)[C@@H](O)[C@H]1O. The van der Waals surface area contributed by atoms with Gasteiger partial charge in [-0.1, -0.05) is 30.4 Å². The number of thiocarbonyl (C=S) groups is 1. The lowest BCUT2D eigenvalue weighted by atomic mass is 9.88. The zero-order chi connectivity index (χ0) is 12.6. The van der Waals surface area contributed by atoms with E-state index in [4.69, 9.17) is 17.0 Å². The molecule has 93 valence electrons. The number of aliphatic hydroxyl groups is 3. The summed E-state index contributed by atoms with van der Waals surface area (Å²) in [7, 11) is 0. The number of hydrogen-bond donors (Lipinski definition) is 3. The summed E-state index contributed by atoms with van der Waals surface area (Å²) in [4.78, 5) is 0.664. The number of rotatable bonds is 1. The first-order chi connectivity index (χ1) is 8.02. The van der Waals surface area contributed by atoms with E-state index < -0.39 is 24.4 Å². The fraction of sp³-hybridized carbons (Fsp3) is 0.500. The van der Waals surface area contributed by atoms with Gasteiger partial charge in [0.2, 0.25) is 0 Å². The van der Waals surface area contributed by atoms with Crippen molar-refractivity contribution in [2.45, 2.75) is 37.8 Å². The Labute approximate surface area is 105 Å². The van der Waals surface area contributed by atoms with Crippen LogP contribution in [0.25, 0.3) is 0 Å². The van der Waals surface area contributed by atoms with Gasteiger partial charge in [-0.15, -0.1) is 0 Å². The van der Waals surface area contributed by atoms with Gasteiger partial charge in [0.15, 0.2) is 6.10 Å². The predicted octanol–water partition coefficient (Wildman–Crippen LogP) is 0.276. The molecule has 1 radical (unpaired) electrons. The Kier molecular flexibility index (Phi) is 3.75. The molecule has 0 unspecified atom stereocenters. The third-order valence-corrected chi connectivity index (χ3v) is 3.39. The largest absolute Gasteiger partial charge is 0.388 e. The molecule has 1 aliphatic carbocycles. The summed E-state index contributed by atoms with van der Waals surface area (Å²) in [6, 6.07) is 0. The van der Waals surface area contributed by atoms with Crippen LogP contribution < -0.4 is 0 Å². The number of hydrogen-bond acceptors (Lipinski definition) is 5. The third-order valence-electron chi connectivity index (χ3n) is 3.00. The molecule has 1 fully saturated rings. The van der Waals surface area contributed by atoms with Gasteiger partial charge in [0, 0.05) is 16.9 Å². The molecule has 0 aromatic rings. The zero-order valence-electron chi connectivity index (χ0n) is 9.41. The first-order valence-electron chi connectivity index (χ1n) is 5.50. The second-order valence-electron chi connectivity index (χ2n) is 4.25. The van der Waals surface area contributed by atoms with Crippen molar-refractivity contribution in [3.63, 3.8) is 0 Å². The van der Waals surface area contributed by atoms with E-state index in [2.05, 4.69) is 0 Å². The highest BCUT2D eigenvalue weighted by atomic mass is 32.1. The Balaban J connectivity index is 2.23. The van der Waals surface area contributed by atoms with Gasteiger partial charge < -0.3 is 20.1 Å². The summed E-state index contributed by atoms with van der Waals surface area (Å²) in [5, 5.41) is 29.2. The van der Waals surface area contributed by atoms with Gasteiger partial charge in [-0.25, -0.2) is 0 Å². The van der Waals surface area contributed by atoms with Crippen molar-refractivity contribution in [2.24, 2.45) is 0 Å². The van der Waals surface area contributed by atoms with Crippen molar-refractivity contribution < 1.29 is 20.1 Å². The summed E-state index contributed by atoms with van der Waals surface area (Å²) in [5.74, 6) is 0. The zero-order valence-corrected chi connectivity index (χ0v) is 10.2. The summed E-state index contributed by atoms with van der Waals surface area (Å²) in [6.07, 6.45) is 2.21. The lowest BCUT2D eigenvalue weighted by Gasteiger charge is -2.39. The Morgan fingerprint density at radius 1 is 1.29 bits per heavy atom. The van der Waals surface area contributed by atoms with Crippen molar-refractivity contribution in [3.05, 3.63) is 29.9 Å². The summed E-state index contributed by atoms with van der Waals surface area (Å²) in [6.45, 7) is 1.64. The Hall–Kier alpha value is -0.590. The number of aliphatic hydroxyl groups excluding tert-OH is 3. The van der Waals surface area contributed by atoms with Crippen LogP contribution in [0.4, 0.5) is 0 Å². The van der Waals surface area contributed by atoms with Gasteiger partial charge in [0.05, 0.1) is 6.10 Å². The first-order valence-corrected chi connectivity index (χ1v) is 5.91. The maximum atomic E-state index is 9.90. The van der Waals surface area contributed by atoms with E-state index >= 15 is 0 Å². The number of allylic oxidation sites excluding steroid dienone is 3. The molecule has 3 N–H and O–H groups in total. The summed E-state index contributed by atoms with van der Waals surface area (Å²) < 4.78 is 5.46. The van der Waals surface area contributed by atoms with Crippen LogP contribution in [0, 0.1) is 6.10 Å². The molecule has 0 saturated carbocycles. The second-order valence-corrected chi connectivity index (χ2v) is 4.74. The lowest BCUT2D eigenvalue weighted by molar-refractivity contribution is -0.169. The monoisotopic (exact) mass is 255 g/mol. The van der Waals surface area contributed by atoms with Gasteiger partial charge >= 0.3 is 0 Å². The lowest BCUT2D eigenvalue weighted by Crippen LogP contribution is -2.54. The summed E-state index contributed by atoms with van der Waals surface area (Å²) in [5.41, 5.74) is 0.632. The van der Waals surface area contributed by atoms with Crippen molar-refractivity contribution in [3.8, 4) is 0 Å². The Morgan fingerprint density at radius 2 is 2.00 bits per heavy atom. The highest BCUT2D eigenvalue weighted by Gasteiger charge is 2.44. The minimum Gasteiger partial charge on any atom is -0.388 e. The topological polar surface area (TPSA) is 69.9 Å². The molecule has 0 spiro atoms. The number of ether oxygens (including phenoxy) is 1. The van der Waals surface area contributed by atoms with E-state index in [1.807, 2.05) is 12.2 Å². The van der Waals surface area contributed by atoms with Crippen LogP contribution in [-0.4, -0.2) is 44.6 Å². The van der Waals surface area contributed by atoms with Gasteiger partial charge in [0.1, 0.15) is 18.3 Å². The smallest absolute Gasteiger partial charge is 0.159 e. The molecule has 1 heterocycles. The van der Waals surface area contributed by atoms with Crippen LogP contribution in [0.1, 0.15) is 13.3 Å². The molecule has 0 bridgehead atoms. The first kappa shape index (κ1) is 12.9. The van der Waals surface area contributed by atoms with Gasteiger partial charge in [-0.3, -0.25) is 0 Å². The van der Waals surface area contributed by atoms with Crippen LogP contribution in [-0.2, 0) is 4.74 Å². The molecule has 1 aliphatic heterocycles. The molecule has 2 rings (SSSR count). The fourth-order valence-corrected chi connectivity index (χ4v) is 2.21. The standard InChI is InChI=1S/C12H15O4S/c1-6-9(13)10(14)11(15)12(16-6)7-4-2-3-5-8(7)17/h2-4,6,9-11,13-15H,5H2,1H3/t6-,9+,10+,11-/m1/s1. The van der Waals surface area contributed by atoms with Crippen LogP contribution >= 0.6 is 12.2 Å². The van der Waals surface area contributed by atoms with Crippen molar-refractivity contribution >= 4 is 17.1 Å². The highest BCUT2D eigenvalue weighted by Crippen LogP contribution is 2.33. The Morgan fingerprint density at radius 3 is 2.65 bits per heavy atom. The molecule has 17 heavy (non-hydrogen) atoms. The van der Waals surface area contributed by atoms with Gasteiger partial charge in [-0.2, -0.15) is 0 Å². The van der Waals surface area contributed by atoms with E-state index in [1.54, 1.807) is 13.0 Å². The van der Waals surface area contributed by atoms with Crippen LogP contribution in [0.3, 0.4) is 0 Å². The van der Waals surface area contributed by atoms with Crippen LogP contribution in [0.15, 0.2) is 23.8 Å². The maximum Gasteiger partial charge on any atom is 0.159 e. The van der Waals surface area contributed by atoms with Crippen LogP contribution in [0.2, 0.25) is 0 Å². The van der Waals surface area contributed by atoms with E-state index in [9.17, 15) is 15.3 Å². The molecule has 4 atom stereocenters. The van der Waals surface area contributed by atoms with Crippen molar-refractivity contribution in [2.75, 3.05) is 0 Å². The molecular weight excluding hydrogens is 240 g/mol.